The van der Waals surface area contributed by atoms with Gasteiger partial charge in [-0.2, -0.15) is 0 Å². The van der Waals surface area contributed by atoms with Gasteiger partial charge >= 0.3 is 0 Å². The molecule has 172 valence electrons. The van der Waals surface area contributed by atoms with Gasteiger partial charge in [-0.25, -0.2) is 14.4 Å². The monoisotopic (exact) mass is 486 g/mol. The number of methoxy groups -OCH3 is 1. The zero-order valence-electron chi connectivity index (χ0n) is 18.4. The lowest BCUT2D eigenvalue weighted by atomic mass is 10.1. The number of nitrogens with zero attached hydrogens (tertiary/aromatic N) is 3. The number of ether oxygens (including phenoxy) is 1. The van der Waals surface area contributed by atoms with Crippen molar-refractivity contribution in [3.63, 3.8) is 0 Å². The molecule has 0 atom stereocenters. The lowest BCUT2D eigenvalue weighted by molar-refractivity contribution is 0.414. The number of anilines is 2. The van der Waals surface area contributed by atoms with Crippen LogP contribution in [-0.4, -0.2) is 34.7 Å². The summed E-state index contributed by atoms with van der Waals surface area (Å²) in [7, 11) is 1.63. The summed E-state index contributed by atoms with van der Waals surface area (Å²) in [5.74, 6) is 1.07. The fourth-order valence-corrected chi connectivity index (χ4v) is 3.33. The molecule has 0 bridgehead atoms. The maximum absolute atomic E-state index is 13.4. The van der Waals surface area contributed by atoms with Gasteiger partial charge in [-0.1, -0.05) is 23.7 Å². The molecule has 1 aromatic heterocycles. The molecule has 0 aliphatic carbocycles. The maximum Gasteiger partial charge on any atom is 0.229 e. The summed E-state index contributed by atoms with van der Waals surface area (Å²) < 4.78 is 18.6. The van der Waals surface area contributed by atoms with Gasteiger partial charge in [-0.05, 0) is 74.4 Å². The molecular formula is C23H24ClFN6OS. The van der Waals surface area contributed by atoms with Crippen LogP contribution in [0, 0.1) is 19.7 Å². The Morgan fingerprint density at radius 2 is 1.76 bits per heavy atom. The number of rotatable bonds is 6. The first-order valence-electron chi connectivity index (χ1n) is 10.1. The molecule has 2 aromatic carbocycles. The van der Waals surface area contributed by atoms with Gasteiger partial charge in [0.2, 0.25) is 11.9 Å². The molecule has 0 aliphatic heterocycles. The number of hydrogen-bond donors (Lipinski definition) is 3. The number of aryl methyl sites for hydroxylation is 2. The second-order valence-corrected chi connectivity index (χ2v) is 7.95. The van der Waals surface area contributed by atoms with E-state index in [2.05, 4.69) is 30.9 Å². The number of nitrogens with one attached hydrogen (secondary N) is 3. The lowest BCUT2D eigenvalue weighted by Gasteiger charge is -2.14. The number of hydrogen-bond acceptors (Lipinski definition) is 5. The molecule has 33 heavy (non-hydrogen) atoms. The Bertz CT molecular complexity index is 1140. The first-order valence-corrected chi connectivity index (χ1v) is 10.9. The number of guanidine groups is 1. The van der Waals surface area contributed by atoms with Gasteiger partial charge in [0.05, 0.1) is 12.1 Å². The van der Waals surface area contributed by atoms with Crippen molar-refractivity contribution in [3.05, 3.63) is 76.3 Å². The Balaban J connectivity index is 1.72. The van der Waals surface area contributed by atoms with E-state index in [0.717, 1.165) is 22.7 Å². The summed E-state index contributed by atoms with van der Waals surface area (Å²) in [5.41, 5.74) is 3.30. The average Bonchev–Trinajstić information content (AvgIpc) is 2.76. The van der Waals surface area contributed by atoms with Gasteiger partial charge in [0.15, 0.2) is 5.11 Å². The molecule has 3 aromatic rings. The van der Waals surface area contributed by atoms with E-state index in [1.807, 2.05) is 44.2 Å². The van der Waals surface area contributed by atoms with Gasteiger partial charge < -0.3 is 15.4 Å². The van der Waals surface area contributed by atoms with Crippen molar-refractivity contribution in [1.29, 1.82) is 0 Å². The quantitative estimate of drug-likeness (QED) is 0.260. The molecule has 0 amide bonds. The summed E-state index contributed by atoms with van der Waals surface area (Å²) in [6.07, 6.45) is 0.707. The van der Waals surface area contributed by atoms with Gasteiger partial charge in [0.25, 0.3) is 0 Å². The predicted molar refractivity (Wildman–Crippen MR) is 135 cm³/mol. The minimum absolute atomic E-state index is 0.00190. The molecule has 1 heterocycles. The Hall–Kier alpha value is -3.30. The average molecular weight is 487 g/mol. The first-order chi connectivity index (χ1) is 15.8. The van der Waals surface area contributed by atoms with Crippen molar-refractivity contribution in [2.24, 2.45) is 4.99 Å². The third-order valence-electron chi connectivity index (χ3n) is 4.45. The van der Waals surface area contributed by atoms with Gasteiger partial charge in [-0.15, -0.1) is 0 Å². The number of benzene rings is 2. The molecule has 0 radical (unpaired) electrons. The minimum atomic E-state index is -0.504. The van der Waals surface area contributed by atoms with E-state index >= 15 is 0 Å². The summed E-state index contributed by atoms with van der Waals surface area (Å²) in [5, 5.41) is 9.31. The summed E-state index contributed by atoms with van der Waals surface area (Å²) >= 11 is 11.2. The van der Waals surface area contributed by atoms with E-state index in [0.29, 0.717) is 30.6 Å². The second kappa shape index (κ2) is 11.5. The van der Waals surface area contributed by atoms with Crippen molar-refractivity contribution in [2.45, 2.75) is 20.3 Å². The molecule has 10 heteroatoms. The lowest BCUT2D eigenvalue weighted by Crippen LogP contribution is -2.39. The second-order valence-electron chi connectivity index (χ2n) is 7.14. The highest BCUT2D eigenvalue weighted by molar-refractivity contribution is 7.80. The van der Waals surface area contributed by atoms with Gasteiger partial charge in [0, 0.05) is 23.6 Å². The highest BCUT2D eigenvalue weighted by Gasteiger charge is 2.08. The number of aliphatic imine (C=N–C) groups is 1. The molecule has 0 saturated carbocycles. The summed E-state index contributed by atoms with van der Waals surface area (Å²) in [6, 6.07) is 13.9. The van der Waals surface area contributed by atoms with Crippen molar-refractivity contribution in [2.75, 3.05) is 24.3 Å². The Morgan fingerprint density at radius 1 is 1.06 bits per heavy atom. The highest BCUT2D eigenvalue weighted by Crippen LogP contribution is 2.19. The van der Waals surface area contributed by atoms with E-state index < -0.39 is 5.82 Å². The third-order valence-corrected chi connectivity index (χ3v) is 4.95. The molecule has 0 aliphatic rings. The molecule has 7 nitrogen and oxygen atoms in total. The van der Waals surface area contributed by atoms with Crippen molar-refractivity contribution in [3.8, 4) is 5.75 Å². The van der Waals surface area contributed by atoms with Crippen LogP contribution in [0.4, 0.5) is 16.0 Å². The predicted octanol–water partition coefficient (Wildman–Crippen LogP) is 4.89. The molecule has 0 saturated heterocycles. The van der Waals surface area contributed by atoms with E-state index in [-0.39, 0.29) is 10.1 Å². The number of thiocarbonyl (C=S) groups is 1. The molecular weight excluding hydrogens is 463 g/mol. The van der Waals surface area contributed by atoms with E-state index in [9.17, 15) is 4.39 Å². The van der Waals surface area contributed by atoms with Crippen LogP contribution >= 0.6 is 23.8 Å². The van der Waals surface area contributed by atoms with Crippen LogP contribution in [0.3, 0.4) is 0 Å². The Kier molecular flexibility index (Phi) is 8.51. The fraction of sp³-hybridized carbons (Fsp3) is 0.217. The van der Waals surface area contributed by atoms with Crippen molar-refractivity contribution >= 4 is 46.5 Å². The van der Waals surface area contributed by atoms with Crippen LogP contribution in [-0.2, 0) is 6.42 Å². The highest BCUT2D eigenvalue weighted by atomic mass is 35.5. The maximum atomic E-state index is 13.4. The fourth-order valence-electron chi connectivity index (χ4n) is 2.93. The Morgan fingerprint density at radius 3 is 2.39 bits per heavy atom. The molecule has 0 spiro atoms. The van der Waals surface area contributed by atoms with Crippen LogP contribution < -0.4 is 20.7 Å². The first kappa shape index (κ1) is 24.3. The van der Waals surface area contributed by atoms with Crippen LogP contribution in [0.15, 0.2) is 53.5 Å². The SMILES string of the molecule is COc1ccc(CCN=C(NC(=S)Nc2ccc(F)c(Cl)c2)Nc2nc(C)cc(C)n2)cc1. The van der Waals surface area contributed by atoms with E-state index in [4.69, 9.17) is 28.6 Å². The van der Waals surface area contributed by atoms with E-state index in [1.165, 1.54) is 18.2 Å². The van der Waals surface area contributed by atoms with Crippen molar-refractivity contribution < 1.29 is 9.13 Å². The zero-order chi connectivity index (χ0) is 23.8. The molecule has 0 fully saturated rings. The summed E-state index contributed by atoms with van der Waals surface area (Å²) in [4.78, 5) is 13.4. The topological polar surface area (TPSA) is 83.5 Å². The van der Waals surface area contributed by atoms with Crippen LogP contribution in [0.1, 0.15) is 17.0 Å². The zero-order valence-corrected chi connectivity index (χ0v) is 20.0. The van der Waals surface area contributed by atoms with Gasteiger partial charge in [0.1, 0.15) is 11.6 Å². The van der Waals surface area contributed by atoms with Crippen LogP contribution in [0.2, 0.25) is 5.02 Å². The minimum Gasteiger partial charge on any atom is -0.497 e. The smallest absolute Gasteiger partial charge is 0.229 e. The van der Waals surface area contributed by atoms with Crippen LogP contribution in [0.25, 0.3) is 0 Å². The Labute approximate surface area is 202 Å². The van der Waals surface area contributed by atoms with E-state index in [1.54, 1.807) is 7.11 Å². The molecule has 3 rings (SSSR count). The number of halogens is 2. The summed E-state index contributed by atoms with van der Waals surface area (Å²) in [6.45, 7) is 4.26. The molecule has 0 unspecified atom stereocenters. The largest absolute Gasteiger partial charge is 0.497 e. The molecule has 3 N–H and O–H groups in total. The normalized spacial score (nSPS) is 11.1. The standard InChI is InChI=1S/C23H24ClFN6OS/c1-14-12-15(2)28-22(27-14)30-21(26-11-10-16-4-7-18(32-3)8-5-16)31-23(33)29-17-6-9-20(25)19(24)13-17/h4-9,12-13H,10-11H2,1-3H3,(H3,26,27,28,29,30,31,33). The van der Waals surface area contributed by atoms with Crippen LogP contribution in [0.5, 0.6) is 5.75 Å². The third kappa shape index (κ3) is 7.65. The van der Waals surface area contributed by atoms with Gasteiger partial charge in [-0.3, -0.25) is 10.3 Å². The number of aromatic nitrogens is 2. The van der Waals surface area contributed by atoms with Crippen molar-refractivity contribution in [1.82, 2.24) is 15.3 Å².